The molecule has 0 unspecified atom stereocenters. The van der Waals surface area contributed by atoms with E-state index in [9.17, 15) is 4.79 Å². The van der Waals surface area contributed by atoms with Crippen LogP contribution in [0.3, 0.4) is 0 Å². The van der Waals surface area contributed by atoms with Gasteiger partial charge in [-0.3, -0.25) is 4.79 Å². The SMILES string of the molecule is CCOc1ccc(CNC(=O)CCl)cc1OCC. The van der Waals surface area contributed by atoms with Crippen molar-refractivity contribution in [1.29, 1.82) is 0 Å². The second-order valence-electron chi connectivity index (χ2n) is 3.56. The molecule has 0 aliphatic heterocycles. The summed E-state index contributed by atoms with van der Waals surface area (Å²) in [7, 11) is 0. The van der Waals surface area contributed by atoms with Crippen LogP contribution in [0.25, 0.3) is 0 Å². The molecule has 0 bridgehead atoms. The van der Waals surface area contributed by atoms with Gasteiger partial charge >= 0.3 is 0 Å². The number of amides is 1. The number of ether oxygens (including phenoxy) is 2. The first kappa shape index (κ1) is 14.6. The molecule has 0 spiro atoms. The maximum atomic E-state index is 11.1. The third-order valence-corrected chi connectivity index (χ3v) is 2.46. The lowest BCUT2D eigenvalue weighted by molar-refractivity contribution is -0.118. The van der Waals surface area contributed by atoms with Gasteiger partial charge in [0.1, 0.15) is 5.88 Å². The Morgan fingerprint density at radius 3 is 2.50 bits per heavy atom. The summed E-state index contributed by atoms with van der Waals surface area (Å²) >= 11 is 5.41. The minimum Gasteiger partial charge on any atom is -0.490 e. The van der Waals surface area contributed by atoms with Crippen molar-refractivity contribution in [2.75, 3.05) is 19.1 Å². The first-order valence-corrected chi connectivity index (χ1v) is 6.45. The molecule has 0 saturated carbocycles. The molecule has 1 amide bonds. The molecule has 0 radical (unpaired) electrons. The first-order valence-electron chi connectivity index (χ1n) is 5.92. The van der Waals surface area contributed by atoms with Gasteiger partial charge in [0.05, 0.1) is 13.2 Å². The molecule has 0 aliphatic carbocycles. The summed E-state index contributed by atoms with van der Waals surface area (Å²) in [6.07, 6.45) is 0. The third-order valence-electron chi connectivity index (χ3n) is 2.22. The number of hydrogen-bond acceptors (Lipinski definition) is 3. The smallest absolute Gasteiger partial charge is 0.235 e. The highest BCUT2D eigenvalue weighted by Crippen LogP contribution is 2.28. The molecule has 5 heteroatoms. The van der Waals surface area contributed by atoms with Crippen LogP contribution >= 0.6 is 11.6 Å². The molecule has 0 saturated heterocycles. The van der Waals surface area contributed by atoms with E-state index in [0.717, 1.165) is 5.56 Å². The summed E-state index contributed by atoms with van der Waals surface area (Å²) in [5.74, 6) is 1.18. The van der Waals surface area contributed by atoms with Gasteiger partial charge in [0.25, 0.3) is 0 Å². The third kappa shape index (κ3) is 4.45. The van der Waals surface area contributed by atoms with E-state index in [-0.39, 0.29) is 11.8 Å². The molecular weight excluding hydrogens is 254 g/mol. The van der Waals surface area contributed by atoms with Crippen molar-refractivity contribution in [1.82, 2.24) is 5.32 Å². The molecule has 1 N–H and O–H groups in total. The Morgan fingerprint density at radius 1 is 1.22 bits per heavy atom. The fraction of sp³-hybridized carbons (Fsp3) is 0.462. The molecular formula is C13H18ClNO3. The number of nitrogens with one attached hydrogen (secondary N) is 1. The largest absolute Gasteiger partial charge is 0.490 e. The normalized spacial score (nSPS) is 9.94. The average molecular weight is 272 g/mol. The summed E-state index contributed by atoms with van der Waals surface area (Å²) in [6.45, 7) is 5.42. The number of carbonyl (C=O) groups excluding carboxylic acids is 1. The summed E-state index contributed by atoms with van der Waals surface area (Å²) in [4.78, 5) is 11.1. The van der Waals surface area contributed by atoms with Gasteiger partial charge in [0.15, 0.2) is 11.5 Å². The molecule has 1 aromatic carbocycles. The Morgan fingerprint density at radius 2 is 1.89 bits per heavy atom. The van der Waals surface area contributed by atoms with Crippen LogP contribution in [-0.2, 0) is 11.3 Å². The minimum absolute atomic E-state index is 0.0324. The van der Waals surface area contributed by atoms with E-state index in [1.165, 1.54) is 0 Å². The molecule has 0 aromatic heterocycles. The first-order chi connectivity index (χ1) is 8.71. The Balaban J connectivity index is 2.75. The van der Waals surface area contributed by atoms with Crippen LogP contribution in [0.4, 0.5) is 0 Å². The summed E-state index contributed by atoms with van der Waals surface area (Å²) in [6, 6.07) is 5.60. The fourth-order valence-corrected chi connectivity index (χ4v) is 1.55. The van der Waals surface area contributed by atoms with E-state index in [0.29, 0.717) is 31.3 Å². The Bertz CT molecular complexity index is 396. The van der Waals surface area contributed by atoms with Crippen molar-refractivity contribution in [3.8, 4) is 11.5 Å². The standard InChI is InChI=1S/C13H18ClNO3/c1-3-17-11-6-5-10(7-12(11)18-4-2)9-15-13(16)8-14/h5-7H,3-4,8-9H2,1-2H3,(H,15,16). The van der Waals surface area contributed by atoms with Gasteiger partial charge in [-0.05, 0) is 31.5 Å². The average Bonchev–Trinajstić information content (AvgIpc) is 2.39. The summed E-state index contributed by atoms with van der Waals surface area (Å²) in [5, 5.41) is 2.70. The van der Waals surface area contributed by atoms with Crippen molar-refractivity contribution in [2.24, 2.45) is 0 Å². The van der Waals surface area contributed by atoms with E-state index in [1.54, 1.807) is 0 Å². The predicted molar refractivity (Wildman–Crippen MR) is 71.3 cm³/mol. The Labute approximate surface area is 112 Å². The number of rotatable bonds is 7. The molecule has 18 heavy (non-hydrogen) atoms. The predicted octanol–water partition coefficient (Wildman–Crippen LogP) is 2.34. The monoisotopic (exact) mass is 271 g/mol. The second-order valence-corrected chi connectivity index (χ2v) is 3.82. The summed E-state index contributed by atoms with van der Waals surface area (Å²) < 4.78 is 11.0. The highest BCUT2D eigenvalue weighted by Gasteiger charge is 2.06. The van der Waals surface area contributed by atoms with Gasteiger partial charge in [-0.1, -0.05) is 6.07 Å². The van der Waals surface area contributed by atoms with Crippen molar-refractivity contribution in [2.45, 2.75) is 20.4 Å². The molecule has 0 heterocycles. The molecule has 1 aromatic rings. The number of halogens is 1. The van der Waals surface area contributed by atoms with Crippen LogP contribution in [-0.4, -0.2) is 25.0 Å². The zero-order valence-corrected chi connectivity index (χ0v) is 11.4. The lowest BCUT2D eigenvalue weighted by Gasteiger charge is -2.12. The Kier molecular flexibility index (Phi) is 6.36. The highest BCUT2D eigenvalue weighted by atomic mass is 35.5. The number of benzene rings is 1. The maximum absolute atomic E-state index is 11.1. The molecule has 4 nitrogen and oxygen atoms in total. The number of carbonyl (C=O) groups is 1. The van der Waals surface area contributed by atoms with Gasteiger partial charge in [-0.2, -0.15) is 0 Å². The van der Waals surface area contributed by atoms with Crippen molar-refractivity contribution >= 4 is 17.5 Å². The van der Waals surface area contributed by atoms with Crippen LogP contribution in [0.15, 0.2) is 18.2 Å². The highest BCUT2D eigenvalue weighted by molar-refractivity contribution is 6.27. The van der Waals surface area contributed by atoms with E-state index >= 15 is 0 Å². The van der Waals surface area contributed by atoms with Crippen LogP contribution in [0.2, 0.25) is 0 Å². The second kappa shape index (κ2) is 7.82. The lowest BCUT2D eigenvalue weighted by atomic mass is 10.2. The van der Waals surface area contributed by atoms with Crippen molar-refractivity contribution in [3.05, 3.63) is 23.8 Å². The van der Waals surface area contributed by atoms with E-state index in [1.807, 2.05) is 32.0 Å². The molecule has 0 atom stereocenters. The summed E-state index contributed by atoms with van der Waals surface area (Å²) in [5.41, 5.74) is 0.945. The fourth-order valence-electron chi connectivity index (χ4n) is 1.45. The number of hydrogen-bond donors (Lipinski definition) is 1. The molecule has 100 valence electrons. The van der Waals surface area contributed by atoms with E-state index in [4.69, 9.17) is 21.1 Å². The zero-order valence-electron chi connectivity index (χ0n) is 10.7. The van der Waals surface area contributed by atoms with Gasteiger partial charge in [0.2, 0.25) is 5.91 Å². The quantitative estimate of drug-likeness (QED) is 0.775. The molecule has 1 rings (SSSR count). The Hall–Kier alpha value is -1.42. The minimum atomic E-state index is -0.191. The number of alkyl halides is 1. The topological polar surface area (TPSA) is 47.6 Å². The molecule has 0 fully saturated rings. The maximum Gasteiger partial charge on any atom is 0.235 e. The van der Waals surface area contributed by atoms with E-state index in [2.05, 4.69) is 5.32 Å². The lowest BCUT2D eigenvalue weighted by Crippen LogP contribution is -2.23. The van der Waals surface area contributed by atoms with Crippen LogP contribution in [0.5, 0.6) is 11.5 Å². The van der Waals surface area contributed by atoms with Gasteiger partial charge in [-0.25, -0.2) is 0 Å². The van der Waals surface area contributed by atoms with Crippen molar-refractivity contribution in [3.63, 3.8) is 0 Å². The molecule has 0 aliphatic rings. The zero-order chi connectivity index (χ0) is 13.4. The van der Waals surface area contributed by atoms with E-state index < -0.39 is 0 Å². The van der Waals surface area contributed by atoms with Crippen LogP contribution < -0.4 is 14.8 Å². The van der Waals surface area contributed by atoms with Crippen LogP contribution in [0.1, 0.15) is 19.4 Å². The van der Waals surface area contributed by atoms with Gasteiger partial charge in [0, 0.05) is 6.54 Å². The van der Waals surface area contributed by atoms with Gasteiger partial charge in [-0.15, -0.1) is 11.6 Å². The van der Waals surface area contributed by atoms with Gasteiger partial charge < -0.3 is 14.8 Å². The van der Waals surface area contributed by atoms with Crippen LogP contribution in [0, 0.1) is 0 Å². The van der Waals surface area contributed by atoms with Crippen molar-refractivity contribution < 1.29 is 14.3 Å².